The van der Waals surface area contributed by atoms with Crippen LogP contribution >= 0.6 is 0 Å². The van der Waals surface area contributed by atoms with Gasteiger partial charge in [0.15, 0.2) is 5.78 Å². The molecule has 17 heavy (non-hydrogen) atoms. The number of carbonyl (C=O) groups is 1. The number of hydrogen-bond donors (Lipinski definition) is 0. The van der Waals surface area contributed by atoms with Gasteiger partial charge < -0.3 is 0 Å². The molecule has 0 aromatic carbocycles. The average Bonchev–Trinajstić information content (AvgIpc) is 2.15. The van der Waals surface area contributed by atoms with E-state index in [9.17, 15) is 4.79 Å². The van der Waals surface area contributed by atoms with Gasteiger partial charge >= 0.3 is 0 Å². The Morgan fingerprint density at radius 2 is 1.65 bits per heavy atom. The van der Waals surface area contributed by atoms with Crippen molar-refractivity contribution in [2.24, 2.45) is 0 Å². The summed E-state index contributed by atoms with van der Waals surface area (Å²) < 4.78 is 0. The van der Waals surface area contributed by atoms with E-state index in [1.807, 2.05) is 6.92 Å². The minimum atomic E-state index is 0.143. The molecular formula is C16H26O. The fraction of sp³-hybridized carbons (Fsp3) is 0.562. The first-order chi connectivity index (χ1) is 7.91. The normalized spacial score (nSPS) is 12.7. The van der Waals surface area contributed by atoms with E-state index in [0.29, 0.717) is 0 Å². The van der Waals surface area contributed by atoms with Gasteiger partial charge in [-0.3, -0.25) is 4.79 Å². The van der Waals surface area contributed by atoms with Crippen LogP contribution in [-0.4, -0.2) is 5.78 Å². The summed E-state index contributed by atoms with van der Waals surface area (Å²) in [6, 6.07) is 0. The molecule has 96 valence electrons. The Morgan fingerprint density at radius 1 is 1.00 bits per heavy atom. The molecule has 0 aliphatic rings. The molecule has 0 saturated carbocycles. The van der Waals surface area contributed by atoms with Crippen LogP contribution in [0.2, 0.25) is 0 Å². The maximum absolute atomic E-state index is 10.9. The van der Waals surface area contributed by atoms with Crippen molar-refractivity contribution in [3.05, 3.63) is 35.5 Å². The van der Waals surface area contributed by atoms with Crippen LogP contribution in [-0.2, 0) is 4.79 Å². The summed E-state index contributed by atoms with van der Waals surface area (Å²) in [5.41, 5.74) is 3.88. The highest BCUT2D eigenvalue weighted by Crippen LogP contribution is 2.13. The molecule has 0 heterocycles. The Kier molecular flexibility index (Phi) is 8.39. The summed E-state index contributed by atoms with van der Waals surface area (Å²) in [6.45, 7) is 11.8. The molecule has 0 atom stereocenters. The molecule has 0 N–H and O–H groups in total. The standard InChI is InChI=1S/C16H26O/c1-13(2)8-6-9-14(3)10-7-11-15(4)12-16(5)17/h10,12H,1,6-9,11H2,2-5H3. The fourth-order valence-electron chi connectivity index (χ4n) is 1.74. The number of carbonyl (C=O) groups excluding carboxylic acids is 1. The van der Waals surface area contributed by atoms with Gasteiger partial charge in [0.05, 0.1) is 0 Å². The molecule has 1 nitrogen and oxygen atoms in total. The van der Waals surface area contributed by atoms with E-state index in [1.165, 1.54) is 23.1 Å². The predicted molar refractivity (Wildman–Crippen MR) is 76.1 cm³/mol. The Morgan fingerprint density at radius 3 is 2.18 bits per heavy atom. The third kappa shape index (κ3) is 11.2. The molecule has 0 aromatic rings. The summed E-state index contributed by atoms with van der Waals surface area (Å²) in [4.78, 5) is 10.9. The van der Waals surface area contributed by atoms with Crippen molar-refractivity contribution in [3.8, 4) is 0 Å². The first-order valence-corrected chi connectivity index (χ1v) is 6.39. The Bertz CT molecular complexity index is 318. The first kappa shape index (κ1) is 15.9. The summed E-state index contributed by atoms with van der Waals surface area (Å²) in [5.74, 6) is 0.143. The molecule has 1 heteroatoms. The Balaban J connectivity index is 3.84. The molecule has 0 aliphatic carbocycles. The quantitative estimate of drug-likeness (QED) is 0.427. The third-order valence-electron chi connectivity index (χ3n) is 2.66. The highest BCUT2D eigenvalue weighted by molar-refractivity contribution is 5.87. The fourth-order valence-corrected chi connectivity index (χ4v) is 1.74. The van der Waals surface area contributed by atoms with Gasteiger partial charge in [0.25, 0.3) is 0 Å². The number of allylic oxidation sites excluding steroid dienone is 5. The van der Waals surface area contributed by atoms with Crippen LogP contribution in [0.15, 0.2) is 35.5 Å². The summed E-state index contributed by atoms with van der Waals surface area (Å²) in [5, 5.41) is 0. The van der Waals surface area contributed by atoms with Crippen LogP contribution in [0, 0.1) is 0 Å². The van der Waals surface area contributed by atoms with Crippen molar-refractivity contribution < 1.29 is 4.79 Å². The smallest absolute Gasteiger partial charge is 0.152 e. The van der Waals surface area contributed by atoms with Gasteiger partial charge in [-0.15, -0.1) is 6.58 Å². The topological polar surface area (TPSA) is 17.1 Å². The lowest BCUT2D eigenvalue weighted by molar-refractivity contribution is -0.112. The summed E-state index contributed by atoms with van der Waals surface area (Å²) in [6.07, 6.45) is 9.50. The zero-order valence-corrected chi connectivity index (χ0v) is 11.8. The highest BCUT2D eigenvalue weighted by atomic mass is 16.1. The number of hydrogen-bond acceptors (Lipinski definition) is 1. The molecule has 0 amide bonds. The second kappa shape index (κ2) is 8.98. The van der Waals surface area contributed by atoms with Crippen molar-refractivity contribution in [3.63, 3.8) is 0 Å². The van der Waals surface area contributed by atoms with Crippen molar-refractivity contribution in [2.75, 3.05) is 0 Å². The molecule has 0 saturated heterocycles. The first-order valence-electron chi connectivity index (χ1n) is 6.39. The van der Waals surface area contributed by atoms with Crippen LogP contribution in [0.25, 0.3) is 0 Å². The van der Waals surface area contributed by atoms with E-state index >= 15 is 0 Å². The van der Waals surface area contributed by atoms with Crippen LogP contribution < -0.4 is 0 Å². The van der Waals surface area contributed by atoms with Gasteiger partial charge in [0, 0.05) is 0 Å². The lowest BCUT2D eigenvalue weighted by Crippen LogP contribution is -1.86. The van der Waals surface area contributed by atoms with E-state index in [0.717, 1.165) is 25.7 Å². The Hall–Kier alpha value is -1.11. The molecular weight excluding hydrogens is 208 g/mol. The maximum Gasteiger partial charge on any atom is 0.152 e. The van der Waals surface area contributed by atoms with Crippen molar-refractivity contribution in [2.45, 2.75) is 59.8 Å². The van der Waals surface area contributed by atoms with Gasteiger partial charge in [0.1, 0.15) is 0 Å². The zero-order valence-electron chi connectivity index (χ0n) is 11.8. The monoisotopic (exact) mass is 234 g/mol. The van der Waals surface area contributed by atoms with E-state index in [2.05, 4.69) is 26.5 Å². The zero-order chi connectivity index (χ0) is 13.3. The van der Waals surface area contributed by atoms with Gasteiger partial charge in [-0.05, 0) is 65.9 Å². The third-order valence-corrected chi connectivity index (χ3v) is 2.66. The van der Waals surface area contributed by atoms with Crippen molar-refractivity contribution >= 4 is 5.78 Å². The number of ketones is 1. The van der Waals surface area contributed by atoms with Crippen LogP contribution in [0.4, 0.5) is 0 Å². The van der Waals surface area contributed by atoms with Gasteiger partial charge in [-0.25, -0.2) is 0 Å². The second-order valence-corrected chi connectivity index (χ2v) is 5.00. The van der Waals surface area contributed by atoms with E-state index in [4.69, 9.17) is 0 Å². The van der Waals surface area contributed by atoms with Crippen LogP contribution in [0.5, 0.6) is 0 Å². The van der Waals surface area contributed by atoms with E-state index in [1.54, 1.807) is 13.0 Å². The highest BCUT2D eigenvalue weighted by Gasteiger charge is 1.94. The molecule has 0 fully saturated rings. The molecule has 0 aliphatic heterocycles. The number of rotatable bonds is 8. The Labute approximate surface area is 106 Å². The second-order valence-electron chi connectivity index (χ2n) is 5.00. The lowest BCUT2D eigenvalue weighted by atomic mass is 10.0. The summed E-state index contributed by atoms with van der Waals surface area (Å²) in [7, 11) is 0. The average molecular weight is 234 g/mol. The predicted octanol–water partition coefficient (Wildman–Crippen LogP) is 4.99. The van der Waals surface area contributed by atoms with E-state index in [-0.39, 0.29) is 5.78 Å². The molecule has 0 radical (unpaired) electrons. The molecule has 0 spiro atoms. The summed E-state index contributed by atoms with van der Waals surface area (Å²) >= 11 is 0. The molecule has 0 aromatic heterocycles. The molecule has 0 rings (SSSR count). The lowest BCUT2D eigenvalue weighted by Gasteiger charge is -2.02. The molecule has 0 unspecified atom stereocenters. The van der Waals surface area contributed by atoms with Gasteiger partial charge in [0.2, 0.25) is 0 Å². The van der Waals surface area contributed by atoms with Crippen molar-refractivity contribution in [1.29, 1.82) is 0 Å². The van der Waals surface area contributed by atoms with E-state index < -0.39 is 0 Å². The van der Waals surface area contributed by atoms with Crippen LogP contribution in [0.1, 0.15) is 59.8 Å². The minimum absolute atomic E-state index is 0.143. The molecule has 0 bridgehead atoms. The maximum atomic E-state index is 10.9. The van der Waals surface area contributed by atoms with Gasteiger partial charge in [-0.2, -0.15) is 0 Å². The SMILES string of the molecule is C=C(C)CCCC(C)=CCCC(C)=CC(C)=O. The largest absolute Gasteiger partial charge is 0.295 e. The van der Waals surface area contributed by atoms with Crippen molar-refractivity contribution in [1.82, 2.24) is 0 Å². The minimum Gasteiger partial charge on any atom is -0.295 e. The van der Waals surface area contributed by atoms with Crippen LogP contribution in [0.3, 0.4) is 0 Å². The van der Waals surface area contributed by atoms with Gasteiger partial charge in [-0.1, -0.05) is 22.8 Å².